The number of rotatable bonds is 5. The zero-order chi connectivity index (χ0) is 17.5. The molecule has 7 nitrogen and oxygen atoms in total. The molecule has 1 aromatic carbocycles. The molecule has 0 spiro atoms. The number of carbonyl (C=O) groups is 1. The predicted octanol–water partition coefficient (Wildman–Crippen LogP) is 4.37. The predicted molar refractivity (Wildman–Crippen MR) is 97.0 cm³/mol. The van der Waals surface area contributed by atoms with E-state index < -0.39 is 16.7 Å². The number of hydrogen-bond acceptors (Lipinski definition) is 8. The molecular weight excluding hydrogens is 416 g/mol. The Balaban J connectivity index is 2.12. The lowest BCUT2D eigenvalue weighted by Crippen LogP contribution is -1.99. The number of carbonyl (C=O) groups excluding carboxylic acids is 1. The van der Waals surface area contributed by atoms with Crippen LogP contribution in [0.25, 0.3) is 0 Å². The second-order valence-electron chi connectivity index (χ2n) is 4.24. The van der Waals surface area contributed by atoms with Crippen molar-refractivity contribution in [1.29, 1.82) is 0 Å². The van der Waals surface area contributed by atoms with Gasteiger partial charge in [-0.2, -0.15) is 0 Å². The van der Waals surface area contributed by atoms with Gasteiger partial charge >= 0.3 is 6.09 Å². The van der Waals surface area contributed by atoms with Crippen molar-refractivity contribution in [2.75, 3.05) is 18.2 Å². The number of ether oxygens (including phenoxy) is 1. The van der Waals surface area contributed by atoms with Crippen LogP contribution in [0.1, 0.15) is 6.92 Å². The molecule has 0 saturated heterocycles. The van der Waals surface area contributed by atoms with Gasteiger partial charge in [-0.05, 0) is 41.2 Å². The summed E-state index contributed by atoms with van der Waals surface area (Å²) in [4.78, 5) is 20.1. The van der Waals surface area contributed by atoms with Crippen molar-refractivity contribution < 1.29 is 13.7 Å². The maximum Gasteiger partial charge on any atom is 0.410 e. The van der Waals surface area contributed by atoms with Gasteiger partial charge in [0.1, 0.15) is 5.03 Å². The molecule has 0 aliphatic carbocycles. The fraction of sp³-hybridized carbons (Fsp3) is 0.214. The van der Waals surface area contributed by atoms with Crippen LogP contribution in [0.3, 0.4) is 0 Å². The number of benzene rings is 1. The monoisotopic (exact) mass is 429 g/mol. The van der Waals surface area contributed by atoms with Gasteiger partial charge in [-0.15, -0.1) is 22.4 Å². The van der Waals surface area contributed by atoms with Crippen LogP contribution in [0, 0.1) is 0 Å². The first-order chi connectivity index (χ1) is 11.5. The van der Waals surface area contributed by atoms with Crippen LogP contribution in [0.2, 0.25) is 0 Å². The van der Waals surface area contributed by atoms with Crippen molar-refractivity contribution in [2.24, 2.45) is 4.36 Å². The van der Waals surface area contributed by atoms with E-state index in [2.05, 4.69) is 40.3 Å². The van der Waals surface area contributed by atoms with Crippen molar-refractivity contribution in [3.05, 3.63) is 34.9 Å². The van der Waals surface area contributed by atoms with E-state index in [9.17, 15) is 9.00 Å². The van der Waals surface area contributed by atoms with E-state index in [4.69, 9.17) is 0 Å². The Kier molecular flexibility index (Phi) is 7.00. The molecule has 0 unspecified atom stereocenters. The van der Waals surface area contributed by atoms with Crippen LogP contribution in [-0.2, 0) is 19.5 Å². The number of nitrogens with zero attached hydrogens (tertiary/aromatic N) is 3. The minimum absolute atomic E-state index is 0.188. The molecule has 24 heavy (non-hydrogen) atoms. The molecule has 0 aliphatic heterocycles. The number of nitrogens with one attached hydrogen (secondary N) is 1. The third-order valence-corrected chi connectivity index (χ3v) is 5.17. The highest BCUT2D eigenvalue weighted by Crippen LogP contribution is 2.24. The lowest BCUT2D eigenvalue weighted by atomic mass is 10.3. The van der Waals surface area contributed by atoms with E-state index in [0.29, 0.717) is 10.8 Å². The lowest BCUT2D eigenvalue weighted by molar-refractivity contribution is 0.164. The summed E-state index contributed by atoms with van der Waals surface area (Å²) < 4.78 is 20.8. The average molecular weight is 430 g/mol. The van der Waals surface area contributed by atoms with Gasteiger partial charge in [-0.25, -0.2) is 14.8 Å². The van der Waals surface area contributed by atoms with Gasteiger partial charge in [-0.1, -0.05) is 17.0 Å². The third kappa shape index (κ3) is 5.18. The minimum atomic E-state index is -1.80. The number of hydrogen-bond donors (Lipinski definition) is 1. The largest absolute Gasteiger partial charge is 0.450 e. The van der Waals surface area contributed by atoms with Gasteiger partial charge < -0.3 is 14.3 Å². The number of anilines is 2. The molecule has 10 heteroatoms. The van der Waals surface area contributed by atoms with Crippen LogP contribution < -0.4 is 5.32 Å². The number of thioether (sulfide) groups is 1. The first-order valence-electron chi connectivity index (χ1n) is 6.77. The molecule has 2 rings (SSSR count). The van der Waals surface area contributed by atoms with Crippen molar-refractivity contribution in [1.82, 2.24) is 9.97 Å². The van der Waals surface area contributed by atoms with Crippen molar-refractivity contribution >= 4 is 56.0 Å². The van der Waals surface area contributed by atoms with Crippen LogP contribution in [-0.4, -0.2) is 28.9 Å². The zero-order valence-corrected chi connectivity index (χ0v) is 16.1. The quantitative estimate of drug-likeness (QED) is 0.428. The fourth-order valence-electron chi connectivity index (χ4n) is 1.61. The molecule has 0 aliphatic rings. The molecule has 128 valence electrons. The Morgan fingerprint density at radius 2 is 2.12 bits per heavy atom. The zero-order valence-electron chi connectivity index (χ0n) is 12.9. The maximum atomic E-state index is 11.9. The highest BCUT2D eigenvalue weighted by atomic mass is 79.9. The summed E-state index contributed by atoms with van der Waals surface area (Å²) in [7, 11) is -1.80. The van der Waals surface area contributed by atoms with Crippen molar-refractivity contribution in [2.45, 2.75) is 16.8 Å². The molecule has 0 fully saturated rings. The molecule has 1 N–H and O–H groups in total. The Hall–Kier alpha value is -1.65. The van der Waals surface area contributed by atoms with Gasteiger partial charge in [-0.3, -0.25) is 4.36 Å². The summed E-state index contributed by atoms with van der Waals surface area (Å²) in [6.45, 7) is 1.84. The topological polar surface area (TPSA) is 93.5 Å². The van der Waals surface area contributed by atoms with E-state index in [1.807, 2.05) is 6.26 Å². The van der Waals surface area contributed by atoms with Crippen molar-refractivity contribution in [3.8, 4) is 0 Å². The second kappa shape index (κ2) is 9.00. The highest BCUT2D eigenvalue weighted by molar-refractivity contribution is 9.10. The van der Waals surface area contributed by atoms with Crippen LogP contribution in [0.5, 0.6) is 0 Å². The SMILES string of the molecule is CCOC(=O)N=[S-](=O)c1ccc(Nc2ncc(Br)c(SC)n2)cc1. The molecular formula is C14H14BrN4O3S2-. The Morgan fingerprint density at radius 1 is 1.42 bits per heavy atom. The van der Waals surface area contributed by atoms with Gasteiger partial charge in [0.15, 0.2) is 0 Å². The Labute approximate surface area is 154 Å². The van der Waals surface area contributed by atoms with E-state index in [1.54, 1.807) is 37.4 Å². The first kappa shape index (κ1) is 18.7. The molecule has 0 saturated carbocycles. The summed E-state index contributed by atoms with van der Waals surface area (Å²) in [5, 5.41) is 3.87. The summed E-state index contributed by atoms with van der Waals surface area (Å²) in [6.07, 6.45) is 2.75. The minimum Gasteiger partial charge on any atom is -0.450 e. The van der Waals surface area contributed by atoms with Gasteiger partial charge in [0, 0.05) is 11.9 Å². The van der Waals surface area contributed by atoms with Crippen molar-refractivity contribution in [3.63, 3.8) is 0 Å². The molecule has 0 radical (unpaired) electrons. The second-order valence-corrected chi connectivity index (χ2v) is 7.04. The summed E-state index contributed by atoms with van der Waals surface area (Å²) in [6, 6.07) is 6.63. The molecule has 1 aromatic heterocycles. The Bertz CT molecular complexity index is 808. The first-order valence-corrected chi connectivity index (χ1v) is 9.90. The van der Waals surface area contributed by atoms with Gasteiger partial charge in [0.25, 0.3) is 0 Å². The third-order valence-electron chi connectivity index (χ3n) is 2.64. The Morgan fingerprint density at radius 3 is 2.75 bits per heavy atom. The summed E-state index contributed by atoms with van der Waals surface area (Å²) in [5.74, 6) is 0.452. The lowest BCUT2D eigenvalue weighted by Gasteiger charge is -2.09. The molecule has 0 bridgehead atoms. The number of amides is 1. The van der Waals surface area contributed by atoms with Gasteiger partial charge in [0.2, 0.25) is 5.95 Å². The van der Waals surface area contributed by atoms with Gasteiger partial charge in [0.05, 0.1) is 11.1 Å². The van der Waals surface area contributed by atoms with Crippen LogP contribution in [0.15, 0.2) is 49.2 Å². The average Bonchev–Trinajstić information content (AvgIpc) is 2.57. The number of halogens is 1. The molecule has 1 amide bonds. The van der Waals surface area contributed by atoms with E-state index in [1.165, 1.54) is 11.8 Å². The molecule has 1 heterocycles. The van der Waals surface area contributed by atoms with Crippen LogP contribution in [0.4, 0.5) is 16.4 Å². The number of aromatic nitrogens is 2. The van der Waals surface area contributed by atoms with E-state index in [-0.39, 0.29) is 6.61 Å². The highest BCUT2D eigenvalue weighted by Gasteiger charge is 2.04. The standard InChI is InChI=1S/C14H14BrN4O3S2/c1-3-22-14(20)19-24(21)10-6-4-9(5-7-10)17-13-16-8-11(15)12(18-13)23-2/h4-8H,3H2,1-2H3,(H,16,17,18)/q-1. The smallest absolute Gasteiger partial charge is 0.410 e. The molecule has 0 atom stereocenters. The van der Waals surface area contributed by atoms with E-state index >= 15 is 0 Å². The maximum absolute atomic E-state index is 11.9. The molecule has 2 aromatic rings. The van der Waals surface area contributed by atoms with E-state index in [0.717, 1.165) is 15.2 Å². The summed E-state index contributed by atoms with van der Waals surface area (Å²) >= 11 is 4.88. The normalized spacial score (nSPS) is 12.0. The fourth-order valence-corrected chi connectivity index (χ4v) is 3.37. The summed E-state index contributed by atoms with van der Waals surface area (Å²) in [5.41, 5.74) is 0.723. The van der Waals surface area contributed by atoms with Crippen LogP contribution >= 0.6 is 27.7 Å².